The molecule has 4 rings (SSSR count). The van der Waals surface area contributed by atoms with Gasteiger partial charge in [0, 0.05) is 12.7 Å². The van der Waals surface area contributed by atoms with Crippen molar-refractivity contribution >= 4 is 28.8 Å². The van der Waals surface area contributed by atoms with Crippen LogP contribution in [0.2, 0.25) is 0 Å². The number of carbonyl (C=O) groups is 2. The monoisotopic (exact) mass is 439 g/mol. The van der Waals surface area contributed by atoms with Crippen molar-refractivity contribution in [1.29, 1.82) is 0 Å². The fourth-order valence-corrected chi connectivity index (χ4v) is 4.46. The second-order valence-electron chi connectivity index (χ2n) is 7.44. The zero-order chi connectivity index (χ0) is 22.0. The zero-order valence-electron chi connectivity index (χ0n) is 17.3. The maximum absolute atomic E-state index is 13.8. The molecule has 160 valence electrons. The second kappa shape index (κ2) is 8.89. The van der Waals surface area contributed by atoms with Crippen molar-refractivity contribution in [1.82, 2.24) is 19.9 Å². The lowest BCUT2D eigenvalue weighted by molar-refractivity contribution is 0.0603. The summed E-state index contributed by atoms with van der Waals surface area (Å²) in [5.74, 6) is -0.547. The number of benzene rings is 1. The van der Waals surface area contributed by atoms with Crippen molar-refractivity contribution in [2.24, 2.45) is 0 Å². The van der Waals surface area contributed by atoms with E-state index in [9.17, 15) is 14.0 Å². The molecule has 1 aromatic carbocycles. The van der Waals surface area contributed by atoms with Crippen molar-refractivity contribution in [3.63, 3.8) is 0 Å². The first-order valence-corrected chi connectivity index (χ1v) is 10.9. The molecule has 3 aromatic rings. The Balaban J connectivity index is 1.57. The smallest absolute Gasteiger partial charge is 0.266 e. The Labute approximate surface area is 183 Å². The van der Waals surface area contributed by atoms with Crippen LogP contribution >= 0.6 is 11.3 Å². The van der Waals surface area contributed by atoms with E-state index in [1.807, 2.05) is 6.92 Å². The van der Waals surface area contributed by atoms with Crippen LogP contribution in [0, 0.1) is 19.7 Å². The highest BCUT2D eigenvalue weighted by Gasteiger charge is 2.32. The number of anilines is 1. The molecule has 0 spiro atoms. The lowest BCUT2D eigenvalue weighted by Gasteiger charge is -2.34. The van der Waals surface area contributed by atoms with Gasteiger partial charge in [-0.3, -0.25) is 9.59 Å². The minimum absolute atomic E-state index is 0.0627. The molecule has 2 amide bonds. The van der Waals surface area contributed by atoms with Gasteiger partial charge in [0.25, 0.3) is 11.8 Å². The van der Waals surface area contributed by atoms with Gasteiger partial charge in [-0.25, -0.2) is 19.3 Å². The lowest BCUT2D eigenvalue weighted by atomic mass is 10.0. The van der Waals surface area contributed by atoms with Gasteiger partial charge in [0.2, 0.25) is 0 Å². The van der Waals surface area contributed by atoms with Gasteiger partial charge in [-0.15, -0.1) is 11.3 Å². The van der Waals surface area contributed by atoms with Gasteiger partial charge < -0.3 is 10.2 Å². The van der Waals surface area contributed by atoms with Crippen LogP contribution in [0.4, 0.5) is 10.1 Å². The molecule has 1 aliphatic heterocycles. The molecule has 1 fully saturated rings. The number of amides is 2. The first kappa shape index (κ1) is 21.0. The number of nitrogens with zero attached hydrogens (tertiary/aromatic N) is 4. The summed E-state index contributed by atoms with van der Waals surface area (Å²) in [6.07, 6.45) is 4.09. The molecule has 2 aromatic heterocycles. The number of piperidine rings is 1. The van der Waals surface area contributed by atoms with Gasteiger partial charge in [0.1, 0.15) is 10.7 Å². The minimum atomic E-state index is -0.513. The van der Waals surface area contributed by atoms with E-state index in [1.165, 1.54) is 29.7 Å². The molecule has 0 bridgehead atoms. The number of aromatic nitrogens is 3. The van der Waals surface area contributed by atoms with Crippen LogP contribution in [0.5, 0.6) is 0 Å². The van der Waals surface area contributed by atoms with Gasteiger partial charge >= 0.3 is 0 Å². The van der Waals surface area contributed by atoms with Gasteiger partial charge in [-0.05, 0) is 45.2 Å². The fourth-order valence-electron chi connectivity index (χ4n) is 3.70. The number of hydrogen-bond donors (Lipinski definition) is 1. The maximum atomic E-state index is 13.8. The van der Waals surface area contributed by atoms with Crippen molar-refractivity contribution < 1.29 is 14.0 Å². The number of aryl methyl sites for hydroxylation is 2. The number of thiazole rings is 1. The van der Waals surface area contributed by atoms with E-state index < -0.39 is 11.7 Å². The van der Waals surface area contributed by atoms with E-state index in [0.717, 1.165) is 25.0 Å². The van der Waals surface area contributed by atoms with Crippen LogP contribution in [0.1, 0.15) is 62.5 Å². The van der Waals surface area contributed by atoms with Gasteiger partial charge in [0.15, 0.2) is 5.82 Å². The summed E-state index contributed by atoms with van der Waals surface area (Å²) in [6.45, 7) is 4.16. The third-order valence-corrected chi connectivity index (χ3v) is 6.28. The molecule has 9 heteroatoms. The highest BCUT2D eigenvalue weighted by Crippen LogP contribution is 2.32. The summed E-state index contributed by atoms with van der Waals surface area (Å²) >= 11 is 1.33. The van der Waals surface area contributed by atoms with E-state index >= 15 is 0 Å². The summed E-state index contributed by atoms with van der Waals surface area (Å²) in [5, 5.41) is 2.55. The highest BCUT2D eigenvalue weighted by atomic mass is 32.1. The number of carbonyl (C=O) groups excluding carboxylic acids is 2. The Bertz CT molecular complexity index is 1130. The third kappa shape index (κ3) is 4.32. The highest BCUT2D eigenvalue weighted by molar-refractivity contribution is 7.11. The Morgan fingerprint density at radius 1 is 1.16 bits per heavy atom. The van der Waals surface area contributed by atoms with E-state index in [2.05, 4.69) is 20.3 Å². The molecule has 7 nitrogen and oxygen atoms in total. The standard InChI is InChI=1S/C22H22FN5O2S/c1-13-15(21(29)27-17-8-4-3-7-16(17)23)11-24-20(26-13)18-9-5-6-10-28(18)22(30)19-14(2)25-12-31-19/h3-4,7-8,11-12,18H,5-6,9-10H2,1-2H3,(H,27,29)/t18-/m0/s1. The molecule has 0 unspecified atom stereocenters. The van der Waals surface area contributed by atoms with Crippen molar-refractivity contribution in [2.45, 2.75) is 39.2 Å². The van der Waals surface area contributed by atoms with Crippen LogP contribution in [-0.4, -0.2) is 38.2 Å². The molecule has 0 saturated carbocycles. The molecule has 1 saturated heterocycles. The number of halogens is 1. The zero-order valence-corrected chi connectivity index (χ0v) is 18.1. The Hall–Kier alpha value is -3.20. The Kier molecular flexibility index (Phi) is 6.03. The number of para-hydroxylation sites is 1. The minimum Gasteiger partial charge on any atom is -0.328 e. The number of likely N-dealkylation sites (tertiary alicyclic amines) is 1. The van der Waals surface area contributed by atoms with E-state index in [1.54, 1.807) is 29.5 Å². The SMILES string of the molecule is Cc1nc([C@@H]2CCCCN2C(=O)c2scnc2C)ncc1C(=O)Nc1ccccc1F. The number of rotatable bonds is 4. The van der Waals surface area contributed by atoms with Crippen LogP contribution in [0.3, 0.4) is 0 Å². The van der Waals surface area contributed by atoms with Crippen LogP contribution in [0.25, 0.3) is 0 Å². The Morgan fingerprint density at radius 3 is 2.68 bits per heavy atom. The average molecular weight is 440 g/mol. The summed E-state index contributed by atoms with van der Waals surface area (Å²) in [5.41, 5.74) is 3.23. The second-order valence-corrected chi connectivity index (χ2v) is 8.29. The summed E-state index contributed by atoms with van der Waals surface area (Å²) in [6, 6.07) is 5.71. The molecule has 0 radical (unpaired) electrons. The predicted octanol–water partition coefficient (Wildman–Crippen LogP) is 4.31. The molecule has 1 N–H and O–H groups in total. The van der Waals surface area contributed by atoms with Gasteiger partial charge in [-0.1, -0.05) is 12.1 Å². The first-order valence-electron chi connectivity index (χ1n) is 10.1. The lowest BCUT2D eigenvalue weighted by Crippen LogP contribution is -2.39. The molecule has 1 aliphatic rings. The quantitative estimate of drug-likeness (QED) is 0.655. The van der Waals surface area contributed by atoms with Crippen LogP contribution in [0.15, 0.2) is 36.0 Å². The topological polar surface area (TPSA) is 88.1 Å². The van der Waals surface area contributed by atoms with Crippen LogP contribution < -0.4 is 5.32 Å². The van der Waals surface area contributed by atoms with Crippen molar-refractivity contribution in [3.8, 4) is 0 Å². The summed E-state index contributed by atoms with van der Waals surface area (Å²) < 4.78 is 13.8. The van der Waals surface area contributed by atoms with E-state index in [4.69, 9.17) is 0 Å². The third-order valence-electron chi connectivity index (χ3n) is 5.37. The normalized spacial score (nSPS) is 16.2. The molecular formula is C22H22FN5O2S. The predicted molar refractivity (Wildman–Crippen MR) is 116 cm³/mol. The van der Waals surface area contributed by atoms with E-state index in [0.29, 0.717) is 22.9 Å². The van der Waals surface area contributed by atoms with Gasteiger partial charge in [0.05, 0.1) is 34.2 Å². The average Bonchev–Trinajstić information content (AvgIpc) is 3.20. The van der Waals surface area contributed by atoms with Gasteiger partial charge in [-0.2, -0.15) is 0 Å². The fraction of sp³-hybridized carbons (Fsp3) is 0.318. The Morgan fingerprint density at radius 2 is 1.97 bits per heavy atom. The molecule has 3 heterocycles. The van der Waals surface area contributed by atoms with Crippen molar-refractivity contribution in [2.75, 3.05) is 11.9 Å². The molecule has 0 aliphatic carbocycles. The summed E-state index contributed by atoms with van der Waals surface area (Å²) in [4.78, 5) is 41.3. The molecule has 31 heavy (non-hydrogen) atoms. The number of hydrogen-bond acceptors (Lipinski definition) is 6. The van der Waals surface area contributed by atoms with Crippen LogP contribution in [-0.2, 0) is 0 Å². The first-order chi connectivity index (χ1) is 15.0. The van der Waals surface area contributed by atoms with Crippen molar-refractivity contribution in [3.05, 3.63) is 69.4 Å². The maximum Gasteiger partial charge on any atom is 0.266 e. The molecular weight excluding hydrogens is 417 g/mol. The largest absolute Gasteiger partial charge is 0.328 e. The number of nitrogens with one attached hydrogen (secondary N) is 1. The summed E-state index contributed by atoms with van der Waals surface area (Å²) in [7, 11) is 0. The van der Waals surface area contributed by atoms with E-state index in [-0.39, 0.29) is 23.2 Å². The molecule has 1 atom stereocenters.